The highest BCUT2D eigenvalue weighted by Gasteiger charge is 2.20. The molecule has 1 N–H and O–H groups in total. The van der Waals surface area contributed by atoms with Gasteiger partial charge in [0.25, 0.3) is 0 Å². The molecule has 6 heteroatoms. The van der Waals surface area contributed by atoms with Gasteiger partial charge in [0.2, 0.25) is 0 Å². The summed E-state index contributed by atoms with van der Waals surface area (Å²) in [5.41, 5.74) is -0.672. The van der Waals surface area contributed by atoms with Crippen LogP contribution in [0, 0.1) is 0 Å². The number of carbonyl (C=O) groups is 2. The highest BCUT2D eigenvalue weighted by atomic mass is 35.5. The molecule has 3 aliphatic rings. The second kappa shape index (κ2) is 11.7. The Morgan fingerprint density at radius 3 is 1.36 bits per heavy atom. The number of rotatable bonds is 2. The molecule has 3 fully saturated rings. The molecule has 3 rings (SSSR count). The Kier molecular flexibility index (Phi) is 11.3. The van der Waals surface area contributed by atoms with Gasteiger partial charge < -0.3 is 14.6 Å². The molecule has 0 amide bonds. The van der Waals surface area contributed by atoms with Gasteiger partial charge in [-0.2, -0.15) is 0 Å². The van der Waals surface area contributed by atoms with Gasteiger partial charge >= 0.3 is 11.4 Å². The Labute approximate surface area is 138 Å². The minimum absolute atomic E-state index is 0. The van der Waals surface area contributed by atoms with Crippen LogP contribution in [0.25, 0.3) is 0 Å². The average Bonchev–Trinajstić information content (AvgIpc) is 2.28. The van der Waals surface area contributed by atoms with Crippen LogP contribution in [0.3, 0.4) is 0 Å². The number of aliphatic hydroxyl groups excluding tert-OH is 1. The van der Waals surface area contributed by atoms with E-state index >= 15 is 0 Å². The molecule has 0 atom stereocenters. The summed E-state index contributed by atoms with van der Waals surface area (Å²) in [7, 11) is 0. The summed E-state index contributed by atoms with van der Waals surface area (Å²) < 4.78 is 9.46. The van der Waals surface area contributed by atoms with Gasteiger partial charge in [0.15, 0.2) is 0 Å². The number of ether oxygens (including phenoxy) is 2. The molecule has 0 bridgehead atoms. The number of esters is 1. The highest BCUT2D eigenvalue weighted by Crippen LogP contribution is 2.22. The van der Waals surface area contributed by atoms with Crippen LogP contribution in [-0.4, -0.2) is 34.8 Å². The van der Waals surface area contributed by atoms with Crippen molar-refractivity contribution in [1.82, 2.24) is 0 Å². The van der Waals surface area contributed by atoms with Crippen LogP contribution in [0.2, 0.25) is 0 Å². The van der Waals surface area contributed by atoms with E-state index in [4.69, 9.17) is 21.4 Å². The fraction of sp³-hybridized carbons (Fsp3) is 0.875. The molecule has 0 spiro atoms. The zero-order chi connectivity index (χ0) is 15.7. The van der Waals surface area contributed by atoms with Crippen molar-refractivity contribution in [2.45, 2.75) is 90.4 Å². The fourth-order valence-electron chi connectivity index (χ4n) is 1.73. The van der Waals surface area contributed by atoms with Crippen LogP contribution in [-0.2, 0) is 14.3 Å². The predicted octanol–water partition coefficient (Wildman–Crippen LogP) is 4.18. The van der Waals surface area contributed by atoms with Crippen LogP contribution in [0.15, 0.2) is 0 Å². The zero-order valence-electron chi connectivity index (χ0n) is 12.6. The van der Waals surface area contributed by atoms with E-state index in [9.17, 15) is 9.59 Å². The zero-order valence-corrected chi connectivity index (χ0v) is 13.3. The second-order valence-electron chi connectivity index (χ2n) is 5.66. The summed E-state index contributed by atoms with van der Waals surface area (Å²) in [6, 6.07) is 0. The Hall–Kier alpha value is -0.810. The van der Waals surface area contributed by atoms with E-state index in [-0.39, 0.29) is 31.7 Å². The normalized spacial score (nSPS) is 20.1. The van der Waals surface area contributed by atoms with Gasteiger partial charge in [0, 0.05) is 18.5 Å². The summed E-state index contributed by atoms with van der Waals surface area (Å²) in [6.45, 7) is 1.46. The lowest BCUT2D eigenvalue weighted by atomic mass is 9.96. The lowest BCUT2D eigenvalue weighted by Gasteiger charge is -2.24. The smallest absolute Gasteiger partial charge is 0.404 e. The van der Waals surface area contributed by atoms with E-state index in [0.29, 0.717) is 0 Å². The van der Waals surface area contributed by atoms with E-state index in [2.05, 4.69) is 4.74 Å². The number of carbonyl (C=O) groups excluding carboxylic acids is 2. The first-order chi connectivity index (χ1) is 9.97. The molecule has 130 valence electrons. The molecule has 0 aromatic heterocycles. The van der Waals surface area contributed by atoms with Gasteiger partial charge in [0.05, 0.1) is 6.10 Å². The van der Waals surface area contributed by atoms with Crippen molar-refractivity contribution in [3.8, 4) is 0 Å². The van der Waals surface area contributed by atoms with Crippen LogP contribution in [0.1, 0.15) is 72.1 Å². The van der Waals surface area contributed by atoms with E-state index in [1.54, 1.807) is 0 Å². The van der Waals surface area contributed by atoms with Gasteiger partial charge in [0.1, 0.15) is 12.2 Å². The highest BCUT2D eigenvalue weighted by molar-refractivity contribution is 6.61. The Balaban J connectivity index is 0.000000302. The molecule has 0 saturated heterocycles. The number of hydrogen-bond acceptors (Lipinski definition) is 5. The minimum atomic E-state index is -0.672. The predicted molar refractivity (Wildman–Crippen MR) is 86.0 cm³/mol. The molecule has 0 aromatic carbocycles. The third-order valence-electron chi connectivity index (χ3n) is 3.77. The summed E-state index contributed by atoms with van der Waals surface area (Å²) >= 11 is 4.92. The van der Waals surface area contributed by atoms with Crippen molar-refractivity contribution in [3.63, 3.8) is 0 Å². The van der Waals surface area contributed by atoms with Crippen molar-refractivity contribution in [2.75, 3.05) is 0 Å². The maximum atomic E-state index is 10.2. The van der Waals surface area contributed by atoms with Crippen LogP contribution < -0.4 is 0 Å². The summed E-state index contributed by atoms with van der Waals surface area (Å²) in [5.74, 6) is -0.144. The monoisotopic (exact) mass is 336 g/mol. The number of halogens is 1. The minimum Gasteiger partial charge on any atom is -0.463 e. The standard InChI is InChI=1S/C6H10O2.C5H7ClO2.C4H8O.CH4/c1-5(7)8-6-3-2-4-6;6-5(7)8-4-2-1-3-4;5-4-2-1-3-4;/h6H,2-4H2,1H3;4H,1-3H2;4-5H,1-3H2;1H4. The molecular weight excluding hydrogens is 308 g/mol. The quantitative estimate of drug-likeness (QED) is 0.604. The molecule has 0 radical (unpaired) electrons. The molecule has 0 aromatic rings. The molecule has 0 unspecified atom stereocenters. The molecule has 22 heavy (non-hydrogen) atoms. The third-order valence-corrected chi connectivity index (χ3v) is 3.86. The molecule has 5 nitrogen and oxygen atoms in total. The lowest BCUT2D eigenvalue weighted by molar-refractivity contribution is -0.150. The molecule has 0 aliphatic heterocycles. The lowest BCUT2D eigenvalue weighted by Crippen LogP contribution is -2.23. The molecule has 3 aliphatic carbocycles. The van der Waals surface area contributed by atoms with Crippen molar-refractivity contribution in [2.24, 2.45) is 0 Å². The van der Waals surface area contributed by atoms with Crippen LogP contribution in [0.5, 0.6) is 0 Å². The average molecular weight is 337 g/mol. The molecule has 3 saturated carbocycles. The van der Waals surface area contributed by atoms with E-state index in [1.807, 2.05) is 0 Å². The molecule has 0 heterocycles. The van der Waals surface area contributed by atoms with Gasteiger partial charge in [-0.1, -0.05) is 7.43 Å². The van der Waals surface area contributed by atoms with Crippen molar-refractivity contribution < 1.29 is 24.2 Å². The van der Waals surface area contributed by atoms with Crippen LogP contribution >= 0.6 is 11.6 Å². The Bertz CT molecular complexity index is 296. The summed E-state index contributed by atoms with van der Waals surface area (Å²) in [6.07, 6.45) is 10.3. The first kappa shape index (κ1) is 21.2. The SMILES string of the molecule is C.CC(=O)OC1CCC1.O=C(Cl)OC1CCC1.OC1CCC1. The first-order valence-corrected chi connectivity index (χ1v) is 8.06. The third kappa shape index (κ3) is 10.0. The first-order valence-electron chi connectivity index (χ1n) is 7.68. The topological polar surface area (TPSA) is 72.8 Å². The van der Waals surface area contributed by atoms with Gasteiger partial charge in [-0.3, -0.25) is 4.79 Å². The van der Waals surface area contributed by atoms with Gasteiger partial charge in [-0.05, 0) is 57.8 Å². The molecular formula is C16H29ClO5. The second-order valence-corrected chi connectivity index (χ2v) is 5.96. The largest absolute Gasteiger partial charge is 0.463 e. The summed E-state index contributed by atoms with van der Waals surface area (Å²) in [4.78, 5) is 20.2. The van der Waals surface area contributed by atoms with Gasteiger partial charge in [-0.15, -0.1) is 0 Å². The fourth-order valence-corrected chi connectivity index (χ4v) is 1.86. The van der Waals surface area contributed by atoms with Crippen molar-refractivity contribution in [1.29, 1.82) is 0 Å². The summed E-state index contributed by atoms with van der Waals surface area (Å²) in [5, 5.41) is 8.45. The van der Waals surface area contributed by atoms with Crippen molar-refractivity contribution in [3.05, 3.63) is 0 Å². The van der Waals surface area contributed by atoms with Crippen LogP contribution in [0.4, 0.5) is 4.79 Å². The number of aliphatic hydroxyl groups is 1. The van der Waals surface area contributed by atoms with E-state index < -0.39 is 5.43 Å². The number of hydrogen-bond donors (Lipinski definition) is 1. The maximum Gasteiger partial charge on any atom is 0.404 e. The van der Waals surface area contributed by atoms with Crippen molar-refractivity contribution >= 4 is 23.0 Å². The van der Waals surface area contributed by atoms with E-state index in [0.717, 1.165) is 44.9 Å². The maximum absolute atomic E-state index is 10.2. The van der Waals surface area contributed by atoms with Gasteiger partial charge in [-0.25, -0.2) is 4.79 Å². The Morgan fingerprint density at radius 1 is 0.909 bits per heavy atom. The Morgan fingerprint density at radius 2 is 1.27 bits per heavy atom. The van der Waals surface area contributed by atoms with E-state index in [1.165, 1.54) is 19.8 Å².